The lowest BCUT2D eigenvalue weighted by Gasteiger charge is -2.32. The third-order valence-corrected chi connectivity index (χ3v) is 7.46. The Kier molecular flexibility index (Phi) is 7.62. The van der Waals surface area contributed by atoms with E-state index in [1.165, 1.54) is 6.33 Å². The zero-order valence-electron chi connectivity index (χ0n) is 22.8. The van der Waals surface area contributed by atoms with E-state index in [0.29, 0.717) is 36.1 Å². The Labute approximate surface area is 223 Å². The molecule has 2 aliphatic rings. The van der Waals surface area contributed by atoms with Crippen molar-refractivity contribution in [3.05, 3.63) is 52.5 Å². The number of fused-ring (bicyclic) bond motifs is 1. The highest BCUT2D eigenvalue weighted by molar-refractivity contribution is 6.01. The van der Waals surface area contributed by atoms with Crippen molar-refractivity contribution in [3.8, 4) is 0 Å². The molecule has 3 N–H and O–H groups in total. The molecule has 2 aromatic heterocycles. The lowest BCUT2D eigenvalue weighted by Crippen LogP contribution is -2.44. The number of carbonyl (C=O) groups excluding carboxylic acids is 2. The average molecular weight is 519 g/mol. The van der Waals surface area contributed by atoms with Crippen LogP contribution >= 0.6 is 0 Å². The Morgan fingerprint density at radius 1 is 1.08 bits per heavy atom. The van der Waals surface area contributed by atoms with Crippen molar-refractivity contribution in [2.24, 2.45) is 0 Å². The largest absolute Gasteiger partial charge is 0.352 e. The standard InChI is InChI=1S/C28H38N8O2/c1-5-10-29-28(38)24-19(3)25-26(30-17-31-36(25)23(24)16-35-13-11-34(4)12-14-35)33-22-15-20(7-6-18(22)2)27(37)32-21-8-9-21/h6-7,15,17,21H,5,8-14,16H2,1-4H3,(H,29,38)(H,32,37)(H,30,31,33). The quantitative estimate of drug-likeness (QED) is 0.400. The number of anilines is 2. The van der Waals surface area contributed by atoms with Gasteiger partial charge in [0.15, 0.2) is 5.82 Å². The Bertz CT molecular complexity index is 1340. The van der Waals surface area contributed by atoms with Gasteiger partial charge in [-0.1, -0.05) is 13.0 Å². The molecule has 0 spiro atoms. The average Bonchev–Trinajstić information content (AvgIpc) is 3.68. The molecular formula is C28H38N8O2. The van der Waals surface area contributed by atoms with Crippen LogP contribution in [0.2, 0.25) is 0 Å². The number of piperazine rings is 1. The molecule has 1 aliphatic heterocycles. The predicted octanol–water partition coefficient (Wildman–Crippen LogP) is 2.87. The van der Waals surface area contributed by atoms with Crippen molar-refractivity contribution < 1.29 is 9.59 Å². The van der Waals surface area contributed by atoms with Gasteiger partial charge >= 0.3 is 0 Å². The van der Waals surface area contributed by atoms with Crippen LogP contribution in [0.25, 0.3) is 5.52 Å². The zero-order valence-corrected chi connectivity index (χ0v) is 22.8. The minimum Gasteiger partial charge on any atom is -0.352 e. The number of nitrogens with one attached hydrogen (secondary N) is 3. The summed E-state index contributed by atoms with van der Waals surface area (Å²) >= 11 is 0. The number of nitrogens with zero attached hydrogens (tertiary/aromatic N) is 5. The third-order valence-electron chi connectivity index (χ3n) is 7.46. The lowest BCUT2D eigenvalue weighted by atomic mass is 10.1. The second-order valence-corrected chi connectivity index (χ2v) is 10.6. The predicted molar refractivity (Wildman–Crippen MR) is 148 cm³/mol. The highest BCUT2D eigenvalue weighted by Gasteiger charge is 2.27. The second kappa shape index (κ2) is 11.1. The molecule has 3 aromatic rings. The summed E-state index contributed by atoms with van der Waals surface area (Å²) < 4.78 is 1.86. The van der Waals surface area contributed by atoms with Gasteiger partial charge in [-0.15, -0.1) is 0 Å². The summed E-state index contributed by atoms with van der Waals surface area (Å²) in [7, 11) is 2.13. The fourth-order valence-electron chi connectivity index (χ4n) is 4.94. The van der Waals surface area contributed by atoms with Gasteiger partial charge < -0.3 is 20.9 Å². The Morgan fingerprint density at radius 3 is 2.55 bits per heavy atom. The maximum absolute atomic E-state index is 13.4. The van der Waals surface area contributed by atoms with Gasteiger partial charge in [0.1, 0.15) is 11.8 Å². The van der Waals surface area contributed by atoms with Gasteiger partial charge in [0.25, 0.3) is 11.8 Å². The summed E-state index contributed by atoms with van der Waals surface area (Å²) in [4.78, 5) is 35.3. The highest BCUT2D eigenvalue weighted by Crippen LogP contribution is 2.31. The normalized spacial score (nSPS) is 16.5. The topological polar surface area (TPSA) is 107 Å². The molecule has 10 nitrogen and oxygen atoms in total. The number of amides is 2. The second-order valence-electron chi connectivity index (χ2n) is 10.6. The smallest absolute Gasteiger partial charge is 0.253 e. The molecule has 2 amide bonds. The van der Waals surface area contributed by atoms with Crippen molar-refractivity contribution in [1.29, 1.82) is 0 Å². The first-order chi connectivity index (χ1) is 18.4. The van der Waals surface area contributed by atoms with Crippen LogP contribution in [0, 0.1) is 13.8 Å². The molecule has 10 heteroatoms. The fraction of sp³-hybridized carbons (Fsp3) is 0.500. The number of hydrogen-bond acceptors (Lipinski definition) is 7. The summed E-state index contributed by atoms with van der Waals surface area (Å²) in [5.74, 6) is 0.459. The minimum atomic E-state index is -0.0835. The van der Waals surface area contributed by atoms with Crippen molar-refractivity contribution in [2.75, 3.05) is 45.1 Å². The molecule has 202 valence electrons. The van der Waals surface area contributed by atoms with Gasteiger partial charge in [0.2, 0.25) is 0 Å². The van der Waals surface area contributed by atoms with Gasteiger partial charge in [0.05, 0.1) is 11.3 Å². The van der Waals surface area contributed by atoms with E-state index >= 15 is 0 Å². The van der Waals surface area contributed by atoms with Crippen molar-refractivity contribution in [3.63, 3.8) is 0 Å². The van der Waals surface area contributed by atoms with Crippen LogP contribution in [-0.4, -0.2) is 82.0 Å². The van der Waals surface area contributed by atoms with E-state index in [2.05, 4.69) is 42.9 Å². The van der Waals surface area contributed by atoms with Crippen LogP contribution in [0.5, 0.6) is 0 Å². The Balaban J connectivity index is 1.52. The number of benzene rings is 1. The number of aryl methyl sites for hydroxylation is 2. The van der Waals surface area contributed by atoms with Crippen LogP contribution < -0.4 is 16.0 Å². The molecule has 0 radical (unpaired) electrons. The number of rotatable bonds is 9. The van der Waals surface area contributed by atoms with E-state index in [-0.39, 0.29) is 11.8 Å². The van der Waals surface area contributed by atoms with E-state index < -0.39 is 0 Å². The van der Waals surface area contributed by atoms with Crippen LogP contribution in [0.3, 0.4) is 0 Å². The molecule has 38 heavy (non-hydrogen) atoms. The summed E-state index contributed by atoms with van der Waals surface area (Å²) in [5, 5.41) is 14.2. The summed E-state index contributed by atoms with van der Waals surface area (Å²) in [5.41, 5.74) is 5.54. The Hall–Kier alpha value is -3.50. The fourth-order valence-corrected chi connectivity index (χ4v) is 4.94. The molecule has 0 atom stereocenters. The zero-order chi connectivity index (χ0) is 26.8. The molecule has 0 bridgehead atoms. The number of aromatic nitrogens is 3. The summed E-state index contributed by atoms with van der Waals surface area (Å²) in [6.45, 7) is 11.1. The minimum absolute atomic E-state index is 0.0633. The van der Waals surface area contributed by atoms with E-state index in [0.717, 1.165) is 73.5 Å². The van der Waals surface area contributed by atoms with Crippen LogP contribution in [0.4, 0.5) is 11.5 Å². The van der Waals surface area contributed by atoms with Crippen molar-refractivity contribution >= 4 is 28.8 Å². The monoisotopic (exact) mass is 518 g/mol. The molecule has 1 saturated carbocycles. The van der Waals surface area contributed by atoms with Gasteiger partial charge in [-0.2, -0.15) is 5.10 Å². The van der Waals surface area contributed by atoms with Gasteiger partial charge in [-0.25, -0.2) is 9.50 Å². The Morgan fingerprint density at radius 2 is 1.84 bits per heavy atom. The van der Waals surface area contributed by atoms with Crippen LogP contribution in [0.15, 0.2) is 24.5 Å². The van der Waals surface area contributed by atoms with Crippen LogP contribution in [-0.2, 0) is 6.54 Å². The van der Waals surface area contributed by atoms with Crippen molar-refractivity contribution in [2.45, 2.75) is 52.6 Å². The van der Waals surface area contributed by atoms with Gasteiger partial charge in [0, 0.05) is 56.6 Å². The molecular weight excluding hydrogens is 480 g/mol. The highest BCUT2D eigenvalue weighted by atomic mass is 16.2. The molecule has 1 aliphatic carbocycles. The molecule has 1 saturated heterocycles. The van der Waals surface area contributed by atoms with Crippen LogP contribution in [0.1, 0.15) is 63.7 Å². The first kappa shape index (κ1) is 26.1. The maximum Gasteiger partial charge on any atom is 0.253 e. The SMILES string of the molecule is CCCNC(=O)c1c(C)c2c(Nc3cc(C(=O)NC4CC4)ccc3C)ncnn2c1CN1CCN(C)CC1. The number of hydrogen-bond donors (Lipinski definition) is 3. The lowest BCUT2D eigenvalue weighted by molar-refractivity contribution is 0.0941. The maximum atomic E-state index is 13.4. The van der Waals surface area contributed by atoms with Gasteiger partial charge in [-0.05, 0) is 63.4 Å². The molecule has 5 rings (SSSR count). The summed E-state index contributed by atoms with van der Waals surface area (Å²) in [6, 6.07) is 5.95. The molecule has 2 fully saturated rings. The van der Waals surface area contributed by atoms with E-state index in [9.17, 15) is 9.59 Å². The third kappa shape index (κ3) is 5.51. The van der Waals surface area contributed by atoms with E-state index in [1.54, 1.807) is 0 Å². The number of carbonyl (C=O) groups is 2. The van der Waals surface area contributed by atoms with E-state index in [4.69, 9.17) is 0 Å². The van der Waals surface area contributed by atoms with Crippen molar-refractivity contribution in [1.82, 2.24) is 35.0 Å². The van der Waals surface area contributed by atoms with E-state index in [1.807, 2.05) is 43.5 Å². The first-order valence-electron chi connectivity index (χ1n) is 13.6. The summed E-state index contributed by atoms with van der Waals surface area (Å²) in [6.07, 6.45) is 4.47. The number of likely N-dealkylation sites (N-methyl/N-ethyl adjacent to an activating group) is 1. The molecule has 1 aromatic carbocycles. The van der Waals surface area contributed by atoms with Gasteiger partial charge in [-0.3, -0.25) is 14.5 Å². The first-order valence-corrected chi connectivity index (χ1v) is 13.6. The molecule has 3 heterocycles. The molecule has 0 unspecified atom stereocenters.